The first-order chi connectivity index (χ1) is 14.6. The zero-order valence-corrected chi connectivity index (χ0v) is 18.4. The highest BCUT2D eigenvalue weighted by molar-refractivity contribution is 6.17. The Hall–Kier alpha value is -2.79. The molecule has 0 aliphatic carbocycles. The van der Waals surface area contributed by atoms with E-state index in [1.54, 1.807) is 13.3 Å². The van der Waals surface area contributed by atoms with Gasteiger partial charge in [0.2, 0.25) is 0 Å². The first-order valence-corrected chi connectivity index (χ1v) is 10.7. The van der Waals surface area contributed by atoms with Crippen molar-refractivity contribution < 1.29 is 14.3 Å². The van der Waals surface area contributed by atoms with Crippen LogP contribution in [0.3, 0.4) is 0 Å². The molecule has 0 aliphatic rings. The minimum Gasteiger partial charge on any atom is -0.494 e. The number of hydrogen-bond donors (Lipinski definition) is 1. The Morgan fingerprint density at radius 2 is 2.07 bits per heavy atom. The Bertz CT molecular complexity index is 1040. The maximum atomic E-state index is 12.8. The number of nitrogens with zero attached hydrogens (tertiary/aromatic N) is 1. The van der Waals surface area contributed by atoms with Crippen molar-refractivity contribution in [3.05, 3.63) is 53.7 Å². The molecule has 5 nitrogen and oxygen atoms in total. The highest BCUT2D eigenvalue weighted by atomic mass is 35.5. The zero-order chi connectivity index (χ0) is 21.5. The molecule has 1 heterocycles. The van der Waals surface area contributed by atoms with Crippen LogP contribution in [0.1, 0.15) is 42.1 Å². The van der Waals surface area contributed by atoms with Crippen molar-refractivity contribution >= 4 is 39.7 Å². The summed E-state index contributed by atoms with van der Waals surface area (Å²) in [6, 6.07) is 11.6. The number of anilines is 2. The van der Waals surface area contributed by atoms with Crippen molar-refractivity contribution in [3.63, 3.8) is 0 Å². The van der Waals surface area contributed by atoms with Crippen LogP contribution in [0.4, 0.5) is 11.4 Å². The highest BCUT2D eigenvalue weighted by Gasteiger charge is 2.17. The van der Waals surface area contributed by atoms with Crippen molar-refractivity contribution in [2.24, 2.45) is 0 Å². The van der Waals surface area contributed by atoms with Crippen LogP contribution < -0.4 is 14.8 Å². The minimum atomic E-state index is 0.0656. The number of carbonyl (C=O) groups is 1. The number of halogens is 1. The summed E-state index contributed by atoms with van der Waals surface area (Å²) in [5, 5.41) is 4.32. The van der Waals surface area contributed by atoms with Crippen LogP contribution in [-0.2, 0) is 0 Å². The number of carbonyl (C=O) groups excluding carboxylic acids is 1. The second-order valence-corrected chi connectivity index (χ2v) is 7.45. The van der Waals surface area contributed by atoms with Gasteiger partial charge in [0, 0.05) is 29.6 Å². The number of aryl methyl sites for hydroxylation is 1. The lowest BCUT2D eigenvalue weighted by Crippen LogP contribution is -2.07. The Labute approximate surface area is 182 Å². The molecule has 0 atom stereocenters. The number of alkyl halides is 1. The van der Waals surface area contributed by atoms with E-state index in [-0.39, 0.29) is 5.78 Å². The summed E-state index contributed by atoms with van der Waals surface area (Å²) in [7, 11) is 1.62. The van der Waals surface area contributed by atoms with Gasteiger partial charge in [-0.1, -0.05) is 19.1 Å². The van der Waals surface area contributed by atoms with Gasteiger partial charge < -0.3 is 14.8 Å². The smallest absolute Gasteiger partial charge is 0.166 e. The molecule has 3 aromatic rings. The van der Waals surface area contributed by atoms with Crippen LogP contribution in [0.25, 0.3) is 10.9 Å². The van der Waals surface area contributed by atoms with Crippen LogP contribution in [0.5, 0.6) is 11.5 Å². The topological polar surface area (TPSA) is 60.5 Å². The number of Topliss-reactive ketones (excluding diaryl/α,β-unsaturated/α-hetero) is 1. The van der Waals surface area contributed by atoms with E-state index in [9.17, 15) is 4.79 Å². The van der Waals surface area contributed by atoms with E-state index >= 15 is 0 Å². The largest absolute Gasteiger partial charge is 0.494 e. The van der Waals surface area contributed by atoms with Crippen LogP contribution in [0, 0.1) is 6.92 Å². The summed E-state index contributed by atoms with van der Waals surface area (Å²) in [5.74, 6) is 2.11. The fourth-order valence-electron chi connectivity index (χ4n) is 3.31. The molecule has 2 aromatic carbocycles. The Morgan fingerprint density at radius 3 is 2.77 bits per heavy atom. The molecule has 3 rings (SSSR count). The second kappa shape index (κ2) is 10.3. The average Bonchev–Trinajstić information content (AvgIpc) is 2.75. The molecule has 0 unspecified atom stereocenters. The van der Waals surface area contributed by atoms with Gasteiger partial charge in [-0.15, -0.1) is 11.6 Å². The van der Waals surface area contributed by atoms with Gasteiger partial charge in [0.15, 0.2) is 5.78 Å². The van der Waals surface area contributed by atoms with Gasteiger partial charge in [0.25, 0.3) is 0 Å². The van der Waals surface area contributed by atoms with Gasteiger partial charge in [-0.2, -0.15) is 0 Å². The lowest BCUT2D eigenvalue weighted by Gasteiger charge is -2.17. The van der Waals surface area contributed by atoms with Crippen molar-refractivity contribution in [2.75, 3.05) is 24.9 Å². The van der Waals surface area contributed by atoms with Crippen molar-refractivity contribution in [3.8, 4) is 11.5 Å². The van der Waals surface area contributed by atoms with Gasteiger partial charge in [-0.3, -0.25) is 9.78 Å². The predicted molar refractivity (Wildman–Crippen MR) is 123 cm³/mol. The van der Waals surface area contributed by atoms with E-state index < -0.39 is 0 Å². The highest BCUT2D eigenvalue weighted by Crippen LogP contribution is 2.35. The number of fused-ring (bicyclic) bond motifs is 1. The fourth-order valence-corrected chi connectivity index (χ4v) is 3.42. The van der Waals surface area contributed by atoms with Crippen LogP contribution >= 0.6 is 11.6 Å². The molecule has 0 bridgehead atoms. The van der Waals surface area contributed by atoms with Gasteiger partial charge in [0.1, 0.15) is 17.0 Å². The molecule has 0 fully saturated rings. The standard InChI is InChI=1S/C24H27ClN2O3/c1-4-7-21(28)19-15-26-24-18(8-5-9-22(24)29-3)23(19)27-20-11-10-17(14-16(20)2)30-13-6-12-25/h5,8-11,14-15H,4,6-7,12-13H2,1-3H3,(H,26,27). The molecule has 0 radical (unpaired) electrons. The molecule has 30 heavy (non-hydrogen) atoms. The number of ether oxygens (including phenoxy) is 2. The third kappa shape index (κ3) is 4.85. The van der Waals surface area contributed by atoms with E-state index in [0.717, 1.165) is 40.9 Å². The summed E-state index contributed by atoms with van der Waals surface area (Å²) in [5.41, 5.74) is 3.96. The molecule has 0 spiro atoms. The Morgan fingerprint density at radius 1 is 1.23 bits per heavy atom. The van der Waals surface area contributed by atoms with E-state index in [2.05, 4.69) is 10.3 Å². The van der Waals surface area contributed by atoms with Crippen molar-refractivity contribution in [1.29, 1.82) is 0 Å². The number of rotatable bonds is 10. The van der Waals surface area contributed by atoms with Crippen molar-refractivity contribution in [1.82, 2.24) is 4.98 Å². The maximum Gasteiger partial charge on any atom is 0.166 e. The normalized spacial score (nSPS) is 10.8. The van der Waals surface area contributed by atoms with E-state index in [1.165, 1.54) is 0 Å². The second-order valence-electron chi connectivity index (χ2n) is 7.07. The summed E-state index contributed by atoms with van der Waals surface area (Å²) in [4.78, 5) is 17.3. The fraction of sp³-hybridized carbons (Fsp3) is 0.333. The summed E-state index contributed by atoms with van der Waals surface area (Å²) < 4.78 is 11.2. The van der Waals surface area contributed by atoms with E-state index in [1.807, 2.05) is 50.2 Å². The number of pyridine rings is 1. The lowest BCUT2D eigenvalue weighted by atomic mass is 10.0. The molecule has 0 saturated carbocycles. The molecule has 0 amide bonds. The first kappa shape index (κ1) is 21.9. The molecule has 0 aliphatic heterocycles. The third-order valence-electron chi connectivity index (χ3n) is 4.86. The molecule has 1 aromatic heterocycles. The van der Waals surface area contributed by atoms with Gasteiger partial charge in [0.05, 0.1) is 25.0 Å². The lowest BCUT2D eigenvalue weighted by molar-refractivity contribution is 0.0982. The molecule has 1 N–H and O–H groups in total. The Balaban J connectivity index is 2.03. The number of benzene rings is 2. The van der Waals surface area contributed by atoms with Gasteiger partial charge in [-0.25, -0.2) is 0 Å². The monoisotopic (exact) mass is 426 g/mol. The number of ketones is 1. The van der Waals surface area contributed by atoms with Gasteiger partial charge in [-0.05, 0) is 49.6 Å². The molecule has 158 valence electrons. The molecule has 6 heteroatoms. The summed E-state index contributed by atoms with van der Waals surface area (Å²) in [6.07, 6.45) is 3.69. The maximum absolute atomic E-state index is 12.8. The number of methoxy groups -OCH3 is 1. The van der Waals surface area contributed by atoms with Crippen molar-refractivity contribution in [2.45, 2.75) is 33.1 Å². The summed E-state index contributed by atoms with van der Waals surface area (Å²) in [6.45, 7) is 4.59. The minimum absolute atomic E-state index is 0.0656. The third-order valence-corrected chi connectivity index (χ3v) is 5.13. The number of nitrogens with one attached hydrogen (secondary N) is 1. The quantitative estimate of drug-likeness (QED) is 0.234. The average molecular weight is 427 g/mol. The van der Waals surface area contributed by atoms with Crippen LogP contribution in [0.15, 0.2) is 42.6 Å². The Kier molecular flexibility index (Phi) is 7.52. The van der Waals surface area contributed by atoms with Gasteiger partial charge >= 0.3 is 0 Å². The first-order valence-electron chi connectivity index (χ1n) is 10.1. The zero-order valence-electron chi connectivity index (χ0n) is 17.6. The molecular weight excluding hydrogens is 400 g/mol. The SMILES string of the molecule is CCCC(=O)c1cnc2c(OC)cccc2c1Nc1ccc(OCCCCl)cc1C. The molecular formula is C24H27ClN2O3. The number of aromatic nitrogens is 1. The van der Waals surface area contributed by atoms with E-state index in [0.29, 0.717) is 35.7 Å². The predicted octanol–water partition coefficient (Wildman–Crippen LogP) is 6.29. The summed E-state index contributed by atoms with van der Waals surface area (Å²) >= 11 is 5.72. The number of hydrogen-bond acceptors (Lipinski definition) is 5. The molecule has 0 saturated heterocycles. The number of para-hydroxylation sites is 1. The van der Waals surface area contributed by atoms with Crippen LogP contribution in [0.2, 0.25) is 0 Å². The van der Waals surface area contributed by atoms with E-state index in [4.69, 9.17) is 21.1 Å². The van der Waals surface area contributed by atoms with Crippen LogP contribution in [-0.4, -0.2) is 30.4 Å².